The fourth-order valence-electron chi connectivity index (χ4n) is 1.73. The minimum atomic E-state index is 0.348. The molecule has 19 heavy (non-hydrogen) atoms. The van der Waals surface area contributed by atoms with Crippen molar-refractivity contribution < 1.29 is 0 Å². The Hall–Kier alpha value is -0.810. The van der Waals surface area contributed by atoms with Crippen LogP contribution in [0.1, 0.15) is 10.4 Å². The number of anilines is 1. The molecule has 1 aromatic carbocycles. The second-order valence-electron chi connectivity index (χ2n) is 4.09. The van der Waals surface area contributed by atoms with Gasteiger partial charge in [-0.3, -0.25) is 0 Å². The van der Waals surface area contributed by atoms with Gasteiger partial charge in [0.1, 0.15) is 4.99 Å². The van der Waals surface area contributed by atoms with Gasteiger partial charge in [-0.15, -0.1) is 11.3 Å². The van der Waals surface area contributed by atoms with E-state index in [1.54, 1.807) is 17.4 Å². The fourth-order valence-corrected chi connectivity index (χ4v) is 3.32. The number of nitrogens with zero attached hydrogens (tertiary/aromatic N) is 1. The third-order valence-corrected chi connectivity index (χ3v) is 4.42. The van der Waals surface area contributed by atoms with Gasteiger partial charge >= 0.3 is 0 Å². The number of hydrogen-bond acceptors (Lipinski definition) is 3. The van der Waals surface area contributed by atoms with Crippen LogP contribution in [-0.4, -0.2) is 12.0 Å². The average Bonchev–Trinajstić information content (AvgIpc) is 2.74. The van der Waals surface area contributed by atoms with Crippen LogP contribution >= 0.6 is 46.8 Å². The van der Waals surface area contributed by atoms with E-state index in [9.17, 15) is 0 Å². The molecule has 1 aromatic heterocycles. The molecule has 1 heterocycles. The monoisotopic (exact) mass is 330 g/mol. The van der Waals surface area contributed by atoms with Crippen LogP contribution in [0.15, 0.2) is 30.3 Å². The van der Waals surface area contributed by atoms with Gasteiger partial charge < -0.3 is 10.6 Å². The van der Waals surface area contributed by atoms with Crippen LogP contribution in [-0.2, 0) is 6.54 Å². The summed E-state index contributed by atoms with van der Waals surface area (Å²) >= 11 is 18.7. The van der Waals surface area contributed by atoms with Crippen LogP contribution in [0.3, 0.4) is 0 Å². The molecular weight excluding hydrogens is 319 g/mol. The molecule has 0 radical (unpaired) electrons. The lowest BCUT2D eigenvalue weighted by Gasteiger charge is -2.20. The van der Waals surface area contributed by atoms with Crippen molar-refractivity contribution in [2.75, 3.05) is 11.9 Å². The maximum Gasteiger partial charge on any atom is 0.104 e. The van der Waals surface area contributed by atoms with Crippen LogP contribution in [0.5, 0.6) is 0 Å². The Labute approximate surface area is 131 Å². The average molecular weight is 331 g/mol. The van der Waals surface area contributed by atoms with Gasteiger partial charge in [0.2, 0.25) is 0 Å². The van der Waals surface area contributed by atoms with Gasteiger partial charge in [-0.1, -0.05) is 35.4 Å². The molecule has 0 saturated heterocycles. The summed E-state index contributed by atoms with van der Waals surface area (Å²) in [4.78, 5) is 3.59. The largest absolute Gasteiger partial charge is 0.389 e. The summed E-state index contributed by atoms with van der Waals surface area (Å²) in [5.74, 6) is 0. The van der Waals surface area contributed by atoms with Crippen molar-refractivity contribution in [3.8, 4) is 0 Å². The number of nitrogens with two attached hydrogens (primary N) is 1. The third kappa shape index (κ3) is 3.60. The lowest BCUT2D eigenvalue weighted by molar-refractivity contribution is 0.940. The number of thiophene rings is 1. The van der Waals surface area contributed by atoms with Crippen molar-refractivity contribution in [2.45, 2.75) is 6.54 Å². The summed E-state index contributed by atoms with van der Waals surface area (Å²) in [6.07, 6.45) is 0. The summed E-state index contributed by atoms with van der Waals surface area (Å²) in [7, 11) is 1.98. The molecule has 0 atom stereocenters. The number of benzene rings is 1. The zero-order valence-electron chi connectivity index (χ0n) is 10.2. The Morgan fingerprint density at radius 3 is 2.58 bits per heavy atom. The van der Waals surface area contributed by atoms with Crippen molar-refractivity contribution in [2.24, 2.45) is 5.73 Å². The van der Waals surface area contributed by atoms with E-state index in [-0.39, 0.29) is 0 Å². The molecule has 2 aromatic rings. The van der Waals surface area contributed by atoms with E-state index in [4.69, 9.17) is 41.2 Å². The first-order valence-electron chi connectivity index (χ1n) is 5.52. The van der Waals surface area contributed by atoms with Crippen molar-refractivity contribution in [3.05, 3.63) is 50.1 Å². The van der Waals surface area contributed by atoms with Gasteiger partial charge in [-0.2, -0.15) is 0 Å². The van der Waals surface area contributed by atoms with Crippen molar-refractivity contribution in [1.29, 1.82) is 0 Å². The Morgan fingerprint density at radius 2 is 2.05 bits per heavy atom. The minimum Gasteiger partial charge on any atom is -0.389 e. The normalized spacial score (nSPS) is 10.5. The van der Waals surface area contributed by atoms with Gasteiger partial charge in [-0.05, 0) is 30.3 Å². The summed E-state index contributed by atoms with van der Waals surface area (Å²) < 4.78 is 0.790. The zero-order chi connectivity index (χ0) is 14.0. The second kappa shape index (κ2) is 6.09. The van der Waals surface area contributed by atoms with Gasteiger partial charge in [0.15, 0.2) is 0 Å². The van der Waals surface area contributed by atoms with E-state index >= 15 is 0 Å². The Bertz CT molecular complexity index is 610. The molecular formula is C13H12Cl2N2S2. The minimum absolute atomic E-state index is 0.348. The Kier molecular flexibility index (Phi) is 4.68. The molecule has 0 aliphatic rings. The molecule has 2 N–H and O–H groups in total. The molecule has 0 bridgehead atoms. The van der Waals surface area contributed by atoms with Gasteiger partial charge in [0.05, 0.1) is 21.6 Å². The molecule has 0 aliphatic carbocycles. The maximum absolute atomic E-state index is 6.26. The van der Waals surface area contributed by atoms with E-state index in [1.807, 2.05) is 31.3 Å². The quantitative estimate of drug-likeness (QED) is 0.846. The van der Waals surface area contributed by atoms with Crippen LogP contribution in [0.25, 0.3) is 0 Å². The highest BCUT2D eigenvalue weighted by molar-refractivity contribution is 7.80. The maximum atomic E-state index is 6.26. The zero-order valence-corrected chi connectivity index (χ0v) is 13.3. The Morgan fingerprint density at radius 1 is 1.32 bits per heavy atom. The molecule has 0 spiro atoms. The van der Waals surface area contributed by atoms with Crippen LogP contribution < -0.4 is 10.6 Å². The highest BCUT2D eigenvalue weighted by atomic mass is 35.5. The summed E-state index contributed by atoms with van der Waals surface area (Å²) in [5.41, 5.74) is 7.29. The molecule has 0 unspecified atom stereocenters. The molecule has 0 amide bonds. The van der Waals surface area contributed by atoms with Gasteiger partial charge in [0.25, 0.3) is 0 Å². The van der Waals surface area contributed by atoms with Gasteiger partial charge in [-0.25, -0.2) is 0 Å². The van der Waals surface area contributed by atoms with E-state index in [2.05, 4.69) is 4.90 Å². The highest BCUT2D eigenvalue weighted by Gasteiger charge is 2.09. The first-order chi connectivity index (χ1) is 8.97. The summed E-state index contributed by atoms with van der Waals surface area (Å²) in [6, 6.07) is 9.50. The standard InChI is InChI=1S/C13H12Cl2N2S2/c1-17(7-9-3-5-12(15)19-9)11-4-2-8(13(16)18)6-10(11)14/h2-6H,7H2,1H3,(H2,16,18). The molecule has 0 saturated carbocycles. The summed E-state index contributed by atoms with van der Waals surface area (Å²) in [5, 5.41) is 0.635. The predicted molar refractivity (Wildman–Crippen MR) is 88.8 cm³/mol. The van der Waals surface area contributed by atoms with Gasteiger partial charge in [0, 0.05) is 17.5 Å². The second-order valence-corrected chi connectivity index (χ2v) is 6.74. The summed E-state index contributed by atoms with van der Waals surface area (Å²) in [6.45, 7) is 0.753. The van der Waals surface area contributed by atoms with Crippen molar-refractivity contribution >= 4 is 57.4 Å². The molecule has 100 valence electrons. The third-order valence-electron chi connectivity index (χ3n) is 2.67. The van der Waals surface area contributed by atoms with E-state index in [0.717, 1.165) is 22.1 Å². The molecule has 0 fully saturated rings. The lowest BCUT2D eigenvalue weighted by atomic mass is 10.2. The van der Waals surface area contributed by atoms with Crippen molar-refractivity contribution in [1.82, 2.24) is 0 Å². The van der Waals surface area contributed by atoms with Crippen LogP contribution in [0.2, 0.25) is 9.36 Å². The molecule has 2 nitrogen and oxygen atoms in total. The van der Waals surface area contributed by atoms with Crippen LogP contribution in [0, 0.1) is 0 Å². The first kappa shape index (κ1) is 14.6. The lowest BCUT2D eigenvalue weighted by Crippen LogP contribution is -2.16. The highest BCUT2D eigenvalue weighted by Crippen LogP contribution is 2.29. The molecule has 6 heteroatoms. The smallest absolute Gasteiger partial charge is 0.104 e. The number of thiocarbonyl (C=S) groups is 1. The number of hydrogen-bond donors (Lipinski definition) is 1. The van der Waals surface area contributed by atoms with E-state index in [0.29, 0.717) is 10.0 Å². The number of halogens is 2. The molecule has 2 rings (SSSR count). The van der Waals surface area contributed by atoms with Crippen LogP contribution in [0.4, 0.5) is 5.69 Å². The SMILES string of the molecule is CN(Cc1ccc(Cl)s1)c1ccc(C(N)=S)cc1Cl. The number of rotatable bonds is 4. The Balaban J connectivity index is 2.19. The van der Waals surface area contributed by atoms with E-state index < -0.39 is 0 Å². The topological polar surface area (TPSA) is 29.3 Å². The first-order valence-corrected chi connectivity index (χ1v) is 7.50. The fraction of sp³-hybridized carbons (Fsp3) is 0.154. The predicted octanol–water partition coefficient (Wildman–Crippen LogP) is 4.33. The van der Waals surface area contributed by atoms with E-state index in [1.165, 1.54) is 4.88 Å². The molecule has 0 aliphatic heterocycles. The van der Waals surface area contributed by atoms with Crippen molar-refractivity contribution in [3.63, 3.8) is 0 Å².